The molecule has 6 nitrogen and oxygen atoms in total. The van der Waals surface area contributed by atoms with Gasteiger partial charge in [-0.3, -0.25) is 4.79 Å². The molecule has 0 amide bonds. The zero-order valence-electron chi connectivity index (χ0n) is 12.3. The summed E-state index contributed by atoms with van der Waals surface area (Å²) in [6, 6.07) is 10.9. The number of aromatic nitrogens is 1. The van der Waals surface area contributed by atoms with E-state index < -0.39 is 5.56 Å². The molecule has 0 fully saturated rings. The van der Waals surface area contributed by atoms with Crippen LogP contribution >= 0.6 is 0 Å². The zero-order valence-corrected chi connectivity index (χ0v) is 12.3. The van der Waals surface area contributed by atoms with Crippen LogP contribution in [0.3, 0.4) is 0 Å². The van der Waals surface area contributed by atoms with E-state index in [-0.39, 0.29) is 22.5 Å². The molecule has 0 aliphatic rings. The average Bonchev–Trinajstić information content (AvgIpc) is 2.55. The number of H-pyrrole nitrogens is 1. The molecule has 3 N–H and O–H groups in total. The molecule has 0 radical (unpaired) electrons. The van der Waals surface area contributed by atoms with Gasteiger partial charge in [-0.15, -0.1) is 6.58 Å². The first kappa shape index (κ1) is 16.0. The standard InChI is InChI=1S/C17H14N4O2/c1-2-6-23-10-11-4-3-5-12(7-11)15-13(8-18)16(20)21-17(22)14(15)9-19/h2-5,7H,1,6,10H2,(H3,20,21,22). The Hall–Kier alpha value is -3.35. The number of aromatic amines is 1. The van der Waals surface area contributed by atoms with Crippen LogP contribution in [0, 0.1) is 22.7 Å². The van der Waals surface area contributed by atoms with Crippen LogP contribution in [0.5, 0.6) is 0 Å². The molecule has 0 aliphatic heterocycles. The third-order valence-corrected chi connectivity index (χ3v) is 3.19. The number of nitrogens with zero attached hydrogens (tertiary/aromatic N) is 2. The van der Waals surface area contributed by atoms with Gasteiger partial charge in [0, 0.05) is 5.56 Å². The monoisotopic (exact) mass is 306 g/mol. The predicted molar refractivity (Wildman–Crippen MR) is 86.2 cm³/mol. The molecule has 6 heteroatoms. The number of ether oxygens (including phenoxy) is 1. The number of hydrogen-bond acceptors (Lipinski definition) is 5. The van der Waals surface area contributed by atoms with E-state index in [9.17, 15) is 15.3 Å². The Balaban J connectivity index is 2.61. The van der Waals surface area contributed by atoms with Crippen LogP contribution in [0.1, 0.15) is 16.7 Å². The SMILES string of the molecule is C=CCOCc1cccc(-c2c(C#N)c(N)[nH]c(=O)c2C#N)c1. The number of hydrogen-bond donors (Lipinski definition) is 2. The quantitative estimate of drug-likeness (QED) is 0.648. The molecule has 1 heterocycles. The lowest BCUT2D eigenvalue weighted by molar-refractivity contribution is 0.149. The smallest absolute Gasteiger partial charge is 0.268 e. The van der Waals surface area contributed by atoms with Crippen LogP contribution in [0.15, 0.2) is 41.7 Å². The van der Waals surface area contributed by atoms with Gasteiger partial charge in [0.15, 0.2) is 0 Å². The second kappa shape index (κ2) is 7.08. The third-order valence-electron chi connectivity index (χ3n) is 3.19. The maximum atomic E-state index is 11.9. The lowest BCUT2D eigenvalue weighted by Crippen LogP contribution is -2.16. The number of nitrogens with one attached hydrogen (secondary N) is 1. The maximum absolute atomic E-state index is 11.9. The molecule has 0 unspecified atom stereocenters. The second-order valence-corrected chi connectivity index (χ2v) is 4.72. The van der Waals surface area contributed by atoms with E-state index in [1.807, 2.05) is 18.2 Å². The van der Waals surface area contributed by atoms with Crippen LogP contribution < -0.4 is 11.3 Å². The van der Waals surface area contributed by atoms with E-state index in [0.29, 0.717) is 18.8 Å². The van der Waals surface area contributed by atoms with Crippen LogP contribution in [0.2, 0.25) is 0 Å². The number of nitrogen functional groups attached to an aromatic ring is 1. The Morgan fingerprint density at radius 3 is 2.70 bits per heavy atom. The summed E-state index contributed by atoms with van der Waals surface area (Å²) in [5.74, 6) is -0.0557. The first-order valence-electron chi connectivity index (χ1n) is 6.76. The van der Waals surface area contributed by atoms with Crippen molar-refractivity contribution in [3.05, 3.63) is 64.0 Å². The fourth-order valence-electron chi connectivity index (χ4n) is 2.21. The molecule has 0 spiro atoms. The van der Waals surface area contributed by atoms with Crippen molar-refractivity contribution < 1.29 is 4.74 Å². The topological polar surface area (TPSA) is 116 Å². The van der Waals surface area contributed by atoms with Gasteiger partial charge in [0.1, 0.15) is 29.1 Å². The van der Waals surface area contributed by atoms with Gasteiger partial charge in [-0.2, -0.15) is 10.5 Å². The number of nitriles is 2. The molecular formula is C17H14N4O2. The molecule has 0 saturated heterocycles. The predicted octanol–water partition coefficient (Wildman–Crippen LogP) is 2.07. The number of benzene rings is 1. The molecule has 23 heavy (non-hydrogen) atoms. The Morgan fingerprint density at radius 1 is 1.30 bits per heavy atom. The molecular weight excluding hydrogens is 292 g/mol. The van der Waals surface area contributed by atoms with Gasteiger partial charge >= 0.3 is 0 Å². The van der Waals surface area contributed by atoms with E-state index in [2.05, 4.69) is 11.6 Å². The molecule has 1 aromatic carbocycles. The van der Waals surface area contributed by atoms with Crippen molar-refractivity contribution in [3.8, 4) is 23.3 Å². The second-order valence-electron chi connectivity index (χ2n) is 4.72. The maximum Gasteiger partial charge on any atom is 0.268 e. The fraction of sp³-hybridized carbons (Fsp3) is 0.118. The fourth-order valence-corrected chi connectivity index (χ4v) is 2.21. The van der Waals surface area contributed by atoms with Crippen molar-refractivity contribution in [2.24, 2.45) is 0 Å². The van der Waals surface area contributed by atoms with E-state index in [4.69, 9.17) is 10.5 Å². The summed E-state index contributed by atoms with van der Waals surface area (Å²) in [5, 5.41) is 18.6. The number of anilines is 1. The number of pyridine rings is 1. The highest BCUT2D eigenvalue weighted by Gasteiger charge is 2.18. The van der Waals surface area contributed by atoms with Gasteiger partial charge in [0.2, 0.25) is 0 Å². The highest BCUT2D eigenvalue weighted by molar-refractivity contribution is 5.80. The Kier molecular flexibility index (Phi) is 4.93. The first-order chi connectivity index (χ1) is 11.1. The molecule has 0 bridgehead atoms. The minimum absolute atomic E-state index is 0.0557. The molecule has 0 aliphatic carbocycles. The zero-order chi connectivity index (χ0) is 16.8. The Labute approximate surface area is 133 Å². The van der Waals surface area contributed by atoms with E-state index >= 15 is 0 Å². The van der Waals surface area contributed by atoms with Crippen LogP contribution in [0.4, 0.5) is 5.82 Å². The van der Waals surface area contributed by atoms with Gasteiger partial charge in [0.25, 0.3) is 5.56 Å². The minimum Gasteiger partial charge on any atom is -0.384 e. The first-order valence-corrected chi connectivity index (χ1v) is 6.76. The van der Waals surface area contributed by atoms with Gasteiger partial charge in [-0.1, -0.05) is 24.3 Å². The molecule has 114 valence electrons. The highest BCUT2D eigenvalue weighted by Crippen LogP contribution is 2.28. The molecule has 2 rings (SSSR count). The van der Waals surface area contributed by atoms with Crippen LogP contribution in [0.25, 0.3) is 11.1 Å². The van der Waals surface area contributed by atoms with E-state index in [1.165, 1.54) is 0 Å². The lowest BCUT2D eigenvalue weighted by atomic mass is 9.95. The summed E-state index contributed by atoms with van der Waals surface area (Å²) in [5.41, 5.74) is 6.67. The van der Waals surface area contributed by atoms with Gasteiger partial charge in [-0.25, -0.2) is 0 Å². The van der Waals surface area contributed by atoms with Crippen molar-refractivity contribution in [3.63, 3.8) is 0 Å². The minimum atomic E-state index is -0.618. The normalized spacial score (nSPS) is 9.83. The number of rotatable bonds is 5. The molecule has 0 saturated carbocycles. The largest absolute Gasteiger partial charge is 0.384 e. The average molecular weight is 306 g/mol. The molecule has 0 atom stereocenters. The van der Waals surface area contributed by atoms with Crippen LogP contribution in [-0.4, -0.2) is 11.6 Å². The van der Waals surface area contributed by atoms with Crippen molar-refractivity contribution >= 4 is 5.82 Å². The Morgan fingerprint density at radius 2 is 2.04 bits per heavy atom. The van der Waals surface area contributed by atoms with Gasteiger partial charge in [0.05, 0.1) is 13.2 Å². The summed E-state index contributed by atoms with van der Waals surface area (Å²) in [4.78, 5) is 14.2. The highest BCUT2D eigenvalue weighted by atomic mass is 16.5. The summed E-state index contributed by atoms with van der Waals surface area (Å²) >= 11 is 0. The summed E-state index contributed by atoms with van der Waals surface area (Å²) < 4.78 is 5.38. The third kappa shape index (κ3) is 3.29. The van der Waals surface area contributed by atoms with Crippen molar-refractivity contribution in [2.75, 3.05) is 12.3 Å². The van der Waals surface area contributed by atoms with Crippen molar-refractivity contribution in [2.45, 2.75) is 6.61 Å². The molecule has 2 aromatic rings. The number of nitrogens with two attached hydrogens (primary N) is 1. The van der Waals surface area contributed by atoms with Crippen molar-refractivity contribution in [1.29, 1.82) is 10.5 Å². The van der Waals surface area contributed by atoms with E-state index in [0.717, 1.165) is 5.56 Å². The summed E-state index contributed by atoms with van der Waals surface area (Å²) in [6.07, 6.45) is 1.64. The van der Waals surface area contributed by atoms with Gasteiger partial charge in [-0.05, 0) is 17.2 Å². The molecule has 1 aromatic heterocycles. The lowest BCUT2D eigenvalue weighted by Gasteiger charge is -2.10. The van der Waals surface area contributed by atoms with Crippen LogP contribution in [-0.2, 0) is 11.3 Å². The summed E-state index contributed by atoms with van der Waals surface area (Å²) in [7, 11) is 0. The Bertz CT molecular complexity index is 885. The van der Waals surface area contributed by atoms with Crippen molar-refractivity contribution in [1.82, 2.24) is 4.98 Å². The van der Waals surface area contributed by atoms with Gasteiger partial charge < -0.3 is 15.5 Å². The summed E-state index contributed by atoms with van der Waals surface area (Å²) in [6.45, 7) is 4.33. The van der Waals surface area contributed by atoms with E-state index in [1.54, 1.807) is 24.3 Å².